The highest BCUT2D eigenvalue weighted by atomic mass is 16.6. The summed E-state index contributed by atoms with van der Waals surface area (Å²) in [5.41, 5.74) is 4.15. The minimum absolute atomic E-state index is 0.170. The van der Waals surface area contributed by atoms with E-state index in [0.717, 1.165) is 45.3 Å². The smallest absolute Gasteiger partial charge is 0.409 e. The maximum Gasteiger partial charge on any atom is 0.409 e. The van der Waals surface area contributed by atoms with E-state index in [9.17, 15) is 4.79 Å². The van der Waals surface area contributed by atoms with Crippen LogP contribution in [0.25, 0.3) is 0 Å². The van der Waals surface area contributed by atoms with Crippen LogP contribution in [-0.4, -0.2) is 49.3 Å². The monoisotopic (exact) mass is 331 g/mol. The molecule has 0 spiro atoms. The van der Waals surface area contributed by atoms with Gasteiger partial charge in [0.05, 0.1) is 6.61 Å². The first-order chi connectivity index (χ1) is 11.7. The van der Waals surface area contributed by atoms with Crippen molar-refractivity contribution in [2.45, 2.75) is 51.6 Å². The third-order valence-corrected chi connectivity index (χ3v) is 4.97. The van der Waals surface area contributed by atoms with E-state index in [1.165, 1.54) is 16.8 Å². The number of benzene rings is 1. The van der Waals surface area contributed by atoms with Crippen LogP contribution in [0, 0.1) is 0 Å². The lowest BCUT2D eigenvalue weighted by Crippen LogP contribution is -2.45. The number of piperidine rings is 1. The lowest BCUT2D eigenvalue weighted by Gasteiger charge is -2.31. The van der Waals surface area contributed by atoms with Gasteiger partial charge in [0.15, 0.2) is 0 Å². The number of hydrogen-bond acceptors (Lipinski definition) is 4. The number of hydrogen-bond donors (Lipinski definition) is 2. The highest BCUT2D eigenvalue weighted by Gasteiger charge is 2.23. The number of carbonyl (C=O) groups is 1. The van der Waals surface area contributed by atoms with Crippen LogP contribution in [-0.2, 0) is 17.6 Å². The van der Waals surface area contributed by atoms with Gasteiger partial charge >= 0.3 is 6.09 Å². The second-order valence-corrected chi connectivity index (χ2v) is 6.91. The van der Waals surface area contributed by atoms with Crippen molar-refractivity contribution in [3.63, 3.8) is 0 Å². The fraction of sp³-hybridized carbons (Fsp3) is 0.632. The quantitative estimate of drug-likeness (QED) is 0.871. The van der Waals surface area contributed by atoms with Gasteiger partial charge in [0.2, 0.25) is 0 Å². The van der Waals surface area contributed by atoms with Crippen molar-refractivity contribution in [2.24, 2.45) is 0 Å². The van der Waals surface area contributed by atoms with Gasteiger partial charge in [-0.2, -0.15) is 0 Å². The summed E-state index contributed by atoms with van der Waals surface area (Å²) in [5.74, 6) is 0. The largest absolute Gasteiger partial charge is 0.450 e. The molecule has 0 aromatic heterocycles. The number of anilines is 1. The van der Waals surface area contributed by atoms with Gasteiger partial charge in [-0.1, -0.05) is 12.1 Å². The third-order valence-electron chi connectivity index (χ3n) is 4.97. The van der Waals surface area contributed by atoms with Crippen molar-refractivity contribution in [3.05, 3.63) is 29.3 Å². The first-order valence-corrected chi connectivity index (χ1v) is 9.19. The van der Waals surface area contributed by atoms with Gasteiger partial charge < -0.3 is 20.3 Å². The Morgan fingerprint density at radius 2 is 2.17 bits per heavy atom. The molecule has 2 aliphatic heterocycles. The number of ether oxygens (including phenoxy) is 1. The Balaban J connectivity index is 1.39. The van der Waals surface area contributed by atoms with Crippen LogP contribution in [0.1, 0.15) is 37.8 Å². The van der Waals surface area contributed by atoms with Crippen molar-refractivity contribution >= 4 is 11.8 Å². The van der Waals surface area contributed by atoms with Gasteiger partial charge in [0.1, 0.15) is 0 Å². The van der Waals surface area contributed by atoms with Crippen molar-refractivity contribution < 1.29 is 9.53 Å². The maximum atomic E-state index is 11.7. The van der Waals surface area contributed by atoms with Crippen LogP contribution < -0.4 is 10.6 Å². The number of amides is 1. The average Bonchev–Trinajstić information content (AvgIpc) is 2.95. The zero-order valence-electron chi connectivity index (χ0n) is 14.8. The second kappa shape index (κ2) is 7.88. The fourth-order valence-electron chi connectivity index (χ4n) is 3.66. The number of nitrogens with zero attached hydrogens (tertiary/aromatic N) is 1. The Morgan fingerprint density at radius 3 is 2.92 bits per heavy atom. The van der Waals surface area contributed by atoms with Crippen LogP contribution in [0.5, 0.6) is 0 Å². The molecule has 1 unspecified atom stereocenters. The van der Waals surface area contributed by atoms with E-state index in [0.29, 0.717) is 18.7 Å². The molecule has 1 aromatic carbocycles. The number of nitrogens with one attached hydrogen (secondary N) is 2. The van der Waals surface area contributed by atoms with E-state index in [2.05, 4.69) is 35.8 Å². The summed E-state index contributed by atoms with van der Waals surface area (Å²) >= 11 is 0. The summed E-state index contributed by atoms with van der Waals surface area (Å²) in [7, 11) is 0. The van der Waals surface area contributed by atoms with Gasteiger partial charge in [-0.25, -0.2) is 4.79 Å². The van der Waals surface area contributed by atoms with Gasteiger partial charge in [0, 0.05) is 30.9 Å². The molecule has 0 saturated carbocycles. The Hall–Kier alpha value is -1.75. The Bertz CT molecular complexity index is 568. The molecule has 0 bridgehead atoms. The summed E-state index contributed by atoms with van der Waals surface area (Å²) in [5, 5.41) is 7.14. The highest BCUT2D eigenvalue weighted by molar-refractivity contribution is 5.67. The number of carbonyl (C=O) groups excluding carboxylic acids is 1. The average molecular weight is 331 g/mol. The summed E-state index contributed by atoms with van der Waals surface area (Å²) < 4.78 is 5.06. The van der Waals surface area contributed by atoms with E-state index < -0.39 is 0 Å². The topological polar surface area (TPSA) is 53.6 Å². The molecule has 3 rings (SSSR count). The van der Waals surface area contributed by atoms with Crippen LogP contribution in [0.2, 0.25) is 0 Å². The minimum Gasteiger partial charge on any atom is -0.450 e. The normalized spacial score (nSPS) is 20.6. The Kier molecular flexibility index (Phi) is 5.61. The predicted octanol–water partition coefficient (Wildman–Crippen LogP) is 2.80. The van der Waals surface area contributed by atoms with E-state index in [4.69, 9.17) is 4.74 Å². The van der Waals surface area contributed by atoms with E-state index >= 15 is 0 Å². The summed E-state index contributed by atoms with van der Waals surface area (Å²) in [6, 6.07) is 7.85. The standard InChI is InChI=1S/C19H29N3O2/c1-3-24-19(23)22-10-7-17(8-11-22)20-9-6-15-4-5-18-16(13-15)12-14(2)21-18/h4-5,13-14,17,20-21H,3,6-12H2,1-2H3. The molecule has 2 aliphatic rings. The summed E-state index contributed by atoms with van der Waals surface area (Å²) in [4.78, 5) is 13.5. The van der Waals surface area contributed by atoms with E-state index in [1.807, 2.05) is 11.8 Å². The minimum atomic E-state index is -0.170. The lowest BCUT2D eigenvalue weighted by atomic mass is 10.0. The maximum absolute atomic E-state index is 11.7. The van der Waals surface area contributed by atoms with Gasteiger partial charge in [-0.05, 0) is 63.3 Å². The van der Waals surface area contributed by atoms with Crippen LogP contribution in [0.4, 0.5) is 10.5 Å². The molecular weight excluding hydrogens is 302 g/mol. The molecule has 24 heavy (non-hydrogen) atoms. The molecule has 1 amide bonds. The Labute approximate surface area is 144 Å². The molecule has 5 nitrogen and oxygen atoms in total. The van der Waals surface area contributed by atoms with Crippen molar-refractivity contribution in [3.8, 4) is 0 Å². The predicted molar refractivity (Wildman–Crippen MR) is 96.6 cm³/mol. The van der Waals surface area contributed by atoms with Gasteiger partial charge in [-0.15, -0.1) is 0 Å². The molecule has 0 radical (unpaired) electrons. The van der Waals surface area contributed by atoms with Crippen LogP contribution in [0.15, 0.2) is 18.2 Å². The first kappa shape index (κ1) is 17.1. The van der Waals surface area contributed by atoms with Gasteiger partial charge in [-0.3, -0.25) is 0 Å². The second-order valence-electron chi connectivity index (χ2n) is 6.91. The molecular formula is C19H29N3O2. The molecule has 1 saturated heterocycles. The van der Waals surface area contributed by atoms with Crippen molar-refractivity contribution in [1.82, 2.24) is 10.2 Å². The first-order valence-electron chi connectivity index (χ1n) is 9.19. The van der Waals surface area contributed by atoms with Gasteiger partial charge in [0.25, 0.3) is 0 Å². The molecule has 2 N–H and O–H groups in total. The van der Waals surface area contributed by atoms with E-state index in [1.54, 1.807) is 0 Å². The third kappa shape index (κ3) is 4.20. The summed E-state index contributed by atoms with van der Waals surface area (Å²) in [6.45, 7) is 7.10. The molecule has 1 fully saturated rings. The number of rotatable bonds is 5. The fourth-order valence-corrected chi connectivity index (χ4v) is 3.66. The number of fused-ring (bicyclic) bond motifs is 1. The van der Waals surface area contributed by atoms with Crippen molar-refractivity contribution in [1.29, 1.82) is 0 Å². The zero-order valence-corrected chi connectivity index (χ0v) is 14.8. The molecule has 1 aromatic rings. The highest BCUT2D eigenvalue weighted by Crippen LogP contribution is 2.26. The summed E-state index contributed by atoms with van der Waals surface area (Å²) in [6.07, 6.45) is 4.02. The Morgan fingerprint density at radius 1 is 1.38 bits per heavy atom. The molecule has 132 valence electrons. The molecule has 1 atom stereocenters. The molecule has 0 aliphatic carbocycles. The van der Waals surface area contributed by atoms with Crippen molar-refractivity contribution in [2.75, 3.05) is 31.6 Å². The number of likely N-dealkylation sites (tertiary alicyclic amines) is 1. The van der Waals surface area contributed by atoms with Crippen LogP contribution >= 0.6 is 0 Å². The SMILES string of the molecule is CCOC(=O)N1CCC(NCCc2ccc3c(c2)CC(C)N3)CC1. The lowest BCUT2D eigenvalue weighted by molar-refractivity contribution is 0.0952. The van der Waals surface area contributed by atoms with Crippen LogP contribution in [0.3, 0.4) is 0 Å². The zero-order chi connectivity index (χ0) is 16.9. The molecule has 5 heteroatoms. The van der Waals surface area contributed by atoms with E-state index in [-0.39, 0.29) is 6.09 Å². The molecule has 2 heterocycles.